The van der Waals surface area contributed by atoms with Crippen LogP contribution in [0, 0.1) is 0 Å². The summed E-state index contributed by atoms with van der Waals surface area (Å²) in [4.78, 5) is 5.80. The molecule has 0 spiro atoms. The van der Waals surface area contributed by atoms with Gasteiger partial charge in [0.25, 0.3) is 0 Å². The summed E-state index contributed by atoms with van der Waals surface area (Å²) in [7, 11) is 0. The van der Waals surface area contributed by atoms with E-state index in [4.69, 9.17) is 0 Å². The van der Waals surface area contributed by atoms with Gasteiger partial charge in [-0.25, -0.2) is 0 Å². The van der Waals surface area contributed by atoms with Crippen LogP contribution in [0.2, 0.25) is 0 Å². The first-order valence-electron chi connectivity index (χ1n) is 11.6. The largest absolute Gasteiger partial charge is 0.299 e. The zero-order valence-corrected chi connectivity index (χ0v) is 17.2. The molecule has 0 radical (unpaired) electrons. The number of hydrogen-bond donors (Lipinski definition) is 0. The predicted octanol–water partition coefficient (Wildman–Crippen LogP) is 5.31. The van der Waals surface area contributed by atoms with E-state index in [0.717, 1.165) is 22.6 Å². The molecule has 0 aromatic rings. The predicted molar refractivity (Wildman–Crippen MR) is 111 cm³/mol. The van der Waals surface area contributed by atoms with Gasteiger partial charge in [0.2, 0.25) is 0 Å². The average molecular weight is 365 g/mol. The molecule has 0 aromatic heterocycles. The molecule has 0 bridgehead atoms. The summed E-state index contributed by atoms with van der Waals surface area (Å²) in [6, 6.07) is 1.81. The number of thioether (sulfide) groups is 1. The highest BCUT2D eigenvalue weighted by molar-refractivity contribution is 8.00. The van der Waals surface area contributed by atoms with E-state index in [2.05, 4.69) is 21.6 Å². The van der Waals surface area contributed by atoms with Crippen LogP contribution in [0.5, 0.6) is 0 Å². The molecule has 2 saturated heterocycles. The molecule has 4 fully saturated rings. The van der Waals surface area contributed by atoms with Gasteiger partial charge in [-0.15, -0.1) is 0 Å². The molecule has 144 valence electrons. The zero-order chi connectivity index (χ0) is 16.9. The van der Waals surface area contributed by atoms with Crippen LogP contribution >= 0.6 is 11.8 Å². The van der Waals surface area contributed by atoms with Crippen molar-refractivity contribution in [3.05, 3.63) is 0 Å². The van der Waals surface area contributed by atoms with Gasteiger partial charge in [-0.2, -0.15) is 11.8 Å². The maximum atomic E-state index is 2.90. The second-order valence-electron chi connectivity index (χ2n) is 9.11. The van der Waals surface area contributed by atoms with E-state index in [1.54, 1.807) is 0 Å². The van der Waals surface area contributed by atoms with Crippen molar-refractivity contribution in [1.82, 2.24) is 9.80 Å². The molecule has 2 nitrogen and oxygen atoms in total. The minimum Gasteiger partial charge on any atom is -0.299 e. The molecule has 0 aromatic carbocycles. The van der Waals surface area contributed by atoms with Crippen LogP contribution in [0.1, 0.15) is 89.9 Å². The first-order chi connectivity index (χ1) is 12.4. The van der Waals surface area contributed by atoms with Crippen molar-refractivity contribution in [2.24, 2.45) is 0 Å². The summed E-state index contributed by atoms with van der Waals surface area (Å²) in [6.07, 6.45) is 20.7. The van der Waals surface area contributed by atoms with Crippen molar-refractivity contribution in [1.29, 1.82) is 0 Å². The monoisotopic (exact) mass is 364 g/mol. The molecule has 3 heteroatoms. The van der Waals surface area contributed by atoms with Gasteiger partial charge in [0.05, 0.1) is 0 Å². The quantitative estimate of drug-likeness (QED) is 0.667. The summed E-state index contributed by atoms with van der Waals surface area (Å²) < 4.78 is 0. The Morgan fingerprint density at radius 3 is 1.28 bits per heavy atom. The lowest BCUT2D eigenvalue weighted by Crippen LogP contribution is -2.50. The van der Waals surface area contributed by atoms with Crippen molar-refractivity contribution < 1.29 is 0 Å². The Morgan fingerprint density at radius 1 is 0.440 bits per heavy atom. The molecule has 2 aliphatic heterocycles. The van der Waals surface area contributed by atoms with Crippen molar-refractivity contribution >= 4 is 11.8 Å². The van der Waals surface area contributed by atoms with Crippen LogP contribution in [-0.4, -0.2) is 58.6 Å². The molecule has 4 aliphatic rings. The summed E-state index contributed by atoms with van der Waals surface area (Å²) in [5, 5.41) is 1.87. The van der Waals surface area contributed by atoms with Crippen molar-refractivity contribution in [3.63, 3.8) is 0 Å². The smallest absolute Gasteiger partial charge is 0.0214 e. The van der Waals surface area contributed by atoms with Crippen molar-refractivity contribution in [2.45, 2.75) is 112 Å². The van der Waals surface area contributed by atoms with Crippen LogP contribution < -0.4 is 0 Å². The van der Waals surface area contributed by atoms with Crippen LogP contribution in [0.4, 0.5) is 0 Å². The summed E-state index contributed by atoms with van der Waals surface area (Å²) in [5.74, 6) is 0. The first kappa shape index (κ1) is 18.6. The van der Waals surface area contributed by atoms with Gasteiger partial charge in [0.15, 0.2) is 0 Å². The molecule has 2 aliphatic carbocycles. The van der Waals surface area contributed by atoms with E-state index in [1.807, 2.05) is 0 Å². The number of likely N-dealkylation sites (tertiary alicyclic amines) is 2. The third kappa shape index (κ3) is 4.76. The van der Waals surface area contributed by atoms with Crippen LogP contribution in [0.15, 0.2) is 0 Å². The van der Waals surface area contributed by atoms with E-state index in [1.165, 1.54) is 116 Å². The Hall–Kier alpha value is 0.270. The van der Waals surface area contributed by atoms with Crippen molar-refractivity contribution in [2.75, 3.05) is 26.2 Å². The van der Waals surface area contributed by atoms with Gasteiger partial charge in [-0.3, -0.25) is 9.80 Å². The van der Waals surface area contributed by atoms with E-state index >= 15 is 0 Å². The Morgan fingerprint density at radius 2 is 0.840 bits per heavy atom. The molecular weight excluding hydrogens is 324 g/mol. The summed E-state index contributed by atoms with van der Waals surface area (Å²) >= 11 is 2.46. The molecule has 4 unspecified atom stereocenters. The Kier molecular flexibility index (Phi) is 7.05. The Labute approximate surface area is 160 Å². The second-order valence-corrected chi connectivity index (χ2v) is 10.6. The molecule has 4 rings (SSSR count). The lowest BCUT2D eigenvalue weighted by atomic mass is 9.91. The number of hydrogen-bond acceptors (Lipinski definition) is 3. The fraction of sp³-hybridized carbons (Fsp3) is 1.00. The van der Waals surface area contributed by atoms with E-state index in [0.29, 0.717) is 0 Å². The molecule has 2 saturated carbocycles. The number of piperidine rings is 2. The van der Waals surface area contributed by atoms with Gasteiger partial charge >= 0.3 is 0 Å². The molecule has 2 heterocycles. The minimum absolute atomic E-state index is 0.906. The molecule has 0 amide bonds. The van der Waals surface area contributed by atoms with Gasteiger partial charge in [0, 0.05) is 22.6 Å². The van der Waals surface area contributed by atoms with Gasteiger partial charge in [-0.1, -0.05) is 38.5 Å². The first-order valence-corrected chi connectivity index (χ1v) is 12.5. The highest BCUT2D eigenvalue weighted by Gasteiger charge is 2.37. The van der Waals surface area contributed by atoms with E-state index in [-0.39, 0.29) is 0 Å². The molecule has 25 heavy (non-hydrogen) atoms. The minimum atomic E-state index is 0.906. The lowest BCUT2D eigenvalue weighted by Gasteiger charge is -2.46. The maximum Gasteiger partial charge on any atom is 0.0214 e. The summed E-state index contributed by atoms with van der Waals surface area (Å²) in [5.41, 5.74) is 0. The highest BCUT2D eigenvalue weighted by atomic mass is 32.2. The third-order valence-corrected chi connectivity index (χ3v) is 9.20. The standard InChI is InChI=1S/C22H40N2S/c1-7-15-23(16-8-1)19-11-3-5-13-21(19)25-22-14-6-4-12-20(22)24-17-9-2-10-18-24/h19-22H,1-18H2. The topological polar surface area (TPSA) is 6.48 Å². The number of rotatable bonds is 4. The van der Waals surface area contributed by atoms with E-state index < -0.39 is 0 Å². The van der Waals surface area contributed by atoms with Gasteiger partial charge in [0.1, 0.15) is 0 Å². The Balaban J connectivity index is 1.40. The fourth-order valence-corrected chi connectivity index (χ4v) is 8.07. The fourth-order valence-electron chi connectivity index (χ4n) is 6.03. The number of nitrogens with zero attached hydrogens (tertiary/aromatic N) is 2. The Bertz CT molecular complexity index is 353. The van der Waals surface area contributed by atoms with Crippen molar-refractivity contribution in [3.8, 4) is 0 Å². The van der Waals surface area contributed by atoms with Crippen LogP contribution in [-0.2, 0) is 0 Å². The normalized spacial score (nSPS) is 39.4. The SMILES string of the molecule is C1CCN(C2CCCCC2SC2CCCCC2N2CCCCC2)CC1. The van der Waals surface area contributed by atoms with Gasteiger partial charge in [-0.05, 0) is 77.5 Å². The second kappa shape index (κ2) is 9.46. The lowest BCUT2D eigenvalue weighted by molar-refractivity contribution is 0.128. The molecule has 0 N–H and O–H groups in total. The summed E-state index contributed by atoms with van der Waals surface area (Å²) in [6.45, 7) is 5.56. The van der Waals surface area contributed by atoms with Crippen LogP contribution in [0.25, 0.3) is 0 Å². The average Bonchev–Trinajstić information content (AvgIpc) is 2.70. The van der Waals surface area contributed by atoms with Crippen LogP contribution in [0.3, 0.4) is 0 Å². The highest BCUT2D eigenvalue weighted by Crippen LogP contribution is 2.41. The molecule has 4 atom stereocenters. The van der Waals surface area contributed by atoms with E-state index in [9.17, 15) is 0 Å². The third-order valence-electron chi connectivity index (χ3n) is 7.40. The van der Waals surface area contributed by atoms with Gasteiger partial charge < -0.3 is 0 Å². The maximum absolute atomic E-state index is 2.90. The molecular formula is C22H40N2S. The zero-order valence-electron chi connectivity index (χ0n) is 16.3.